The van der Waals surface area contributed by atoms with E-state index in [0.29, 0.717) is 12.8 Å². The number of alkyl carbamates (subject to hydrolysis) is 1. The fourth-order valence-electron chi connectivity index (χ4n) is 5.47. The van der Waals surface area contributed by atoms with E-state index >= 15 is 0 Å². The zero-order chi connectivity index (χ0) is 24.8. The van der Waals surface area contributed by atoms with E-state index in [1.54, 1.807) is 0 Å². The first-order valence-corrected chi connectivity index (χ1v) is 12.6. The molecule has 1 fully saturated rings. The minimum Gasteiger partial charge on any atom is -0.480 e. The minimum absolute atomic E-state index is 0.00685. The van der Waals surface area contributed by atoms with Gasteiger partial charge in [-0.25, -0.2) is 9.59 Å². The summed E-state index contributed by atoms with van der Waals surface area (Å²) < 4.78 is 5.70. The van der Waals surface area contributed by atoms with Crippen molar-refractivity contribution in [3.63, 3.8) is 0 Å². The minimum atomic E-state index is -1.02. The summed E-state index contributed by atoms with van der Waals surface area (Å²) in [7, 11) is 0. The highest BCUT2D eigenvalue weighted by Gasteiger charge is 2.32. The summed E-state index contributed by atoms with van der Waals surface area (Å²) in [5, 5.41) is 14.9. The van der Waals surface area contributed by atoms with Crippen LogP contribution >= 0.6 is 0 Å². The Kier molecular flexibility index (Phi) is 8.06. The highest BCUT2D eigenvalue weighted by Crippen LogP contribution is 2.44. The van der Waals surface area contributed by atoms with Crippen molar-refractivity contribution < 1.29 is 24.2 Å². The molecule has 7 nitrogen and oxygen atoms in total. The van der Waals surface area contributed by atoms with E-state index in [9.17, 15) is 19.5 Å². The third kappa shape index (κ3) is 5.84. The van der Waals surface area contributed by atoms with Crippen LogP contribution in [-0.4, -0.2) is 41.8 Å². The van der Waals surface area contributed by atoms with Crippen LogP contribution in [0.1, 0.15) is 68.9 Å². The predicted molar refractivity (Wildman–Crippen MR) is 133 cm³/mol. The molecule has 0 heterocycles. The summed E-state index contributed by atoms with van der Waals surface area (Å²) >= 11 is 0. The summed E-state index contributed by atoms with van der Waals surface area (Å²) in [6, 6.07) is 15.4. The molecule has 0 radical (unpaired) electrons. The number of aliphatic carboxylic acids is 1. The number of hydrogen-bond donors (Lipinski definition) is 3. The monoisotopic (exact) mass is 478 g/mol. The zero-order valence-electron chi connectivity index (χ0n) is 20.2. The van der Waals surface area contributed by atoms with E-state index in [0.717, 1.165) is 36.8 Å². The molecule has 2 unspecified atom stereocenters. The molecule has 2 aromatic rings. The van der Waals surface area contributed by atoms with Crippen molar-refractivity contribution in [2.24, 2.45) is 5.92 Å². The lowest BCUT2D eigenvalue weighted by molar-refractivity contribution is -0.142. The molecule has 0 saturated heterocycles. The number of carboxylic acid groups (broad SMARTS) is 1. The predicted octanol–water partition coefficient (Wildman–Crippen LogP) is 4.84. The van der Waals surface area contributed by atoms with Crippen LogP contribution in [0.5, 0.6) is 0 Å². The zero-order valence-corrected chi connectivity index (χ0v) is 20.2. The van der Waals surface area contributed by atoms with Crippen molar-refractivity contribution in [1.29, 1.82) is 0 Å². The Morgan fingerprint density at radius 1 is 1.00 bits per heavy atom. The van der Waals surface area contributed by atoms with Gasteiger partial charge in [-0.1, -0.05) is 74.7 Å². The van der Waals surface area contributed by atoms with Gasteiger partial charge in [0, 0.05) is 18.4 Å². The molecule has 3 atom stereocenters. The first-order valence-electron chi connectivity index (χ1n) is 12.6. The quantitative estimate of drug-likeness (QED) is 0.478. The van der Waals surface area contributed by atoms with Gasteiger partial charge in [0.05, 0.1) is 0 Å². The Hall–Kier alpha value is -3.35. The van der Waals surface area contributed by atoms with Gasteiger partial charge in [-0.15, -0.1) is 0 Å². The number of benzene rings is 2. The summed E-state index contributed by atoms with van der Waals surface area (Å²) in [5.74, 6) is -1.35. The molecule has 2 aliphatic rings. The van der Waals surface area contributed by atoms with Gasteiger partial charge in [-0.3, -0.25) is 4.79 Å². The van der Waals surface area contributed by atoms with Crippen LogP contribution in [0.4, 0.5) is 4.79 Å². The Morgan fingerprint density at radius 3 is 2.26 bits per heavy atom. The van der Waals surface area contributed by atoms with Gasteiger partial charge in [-0.2, -0.15) is 0 Å². The highest BCUT2D eigenvalue weighted by atomic mass is 16.5. The number of carbonyl (C=O) groups is 3. The van der Waals surface area contributed by atoms with E-state index in [1.807, 2.05) is 31.2 Å². The average Bonchev–Trinajstić information content (AvgIpc) is 3.17. The van der Waals surface area contributed by atoms with Crippen molar-refractivity contribution >= 4 is 18.0 Å². The Balaban J connectivity index is 1.34. The Labute approximate surface area is 206 Å². The van der Waals surface area contributed by atoms with Crippen molar-refractivity contribution in [2.75, 3.05) is 6.61 Å². The molecule has 35 heavy (non-hydrogen) atoms. The van der Waals surface area contributed by atoms with Gasteiger partial charge in [0.15, 0.2) is 0 Å². The van der Waals surface area contributed by atoms with Crippen LogP contribution in [-0.2, 0) is 14.3 Å². The number of carboxylic acids is 1. The van der Waals surface area contributed by atoms with Crippen LogP contribution in [0.2, 0.25) is 0 Å². The number of amides is 2. The lowest BCUT2D eigenvalue weighted by Gasteiger charge is -2.32. The third-order valence-corrected chi connectivity index (χ3v) is 7.21. The number of rotatable bonds is 9. The van der Waals surface area contributed by atoms with Crippen LogP contribution in [0.3, 0.4) is 0 Å². The molecule has 2 aliphatic carbocycles. The second-order valence-corrected chi connectivity index (χ2v) is 9.57. The standard InChI is InChI=1S/C28H34N2O5/c1-2-9-25(27(32)33)29-26(31)16-18-10-3-8-15-24(18)30-28(34)35-17-23-21-13-6-4-11-19(21)20-12-5-7-14-22(20)23/h4-7,11-14,18,23-25H,2-3,8-10,15-17H2,1H3,(H,29,31)(H,30,34)(H,32,33)/t18?,24?,25-/m1/s1. The molecular formula is C28H34N2O5. The Morgan fingerprint density at radius 2 is 1.63 bits per heavy atom. The molecule has 2 amide bonds. The third-order valence-electron chi connectivity index (χ3n) is 7.21. The van der Waals surface area contributed by atoms with Crippen molar-refractivity contribution in [3.05, 3.63) is 59.7 Å². The van der Waals surface area contributed by atoms with Crippen LogP contribution in [0, 0.1) is 5.92 Å². The molecule has 0 bridgehead atoms. The molecule has 1 saturated carbocycles. The van der Waals surface area contributed by atoms with Gasteiger partial charge in [0.25, 0.3) is 0 Å². The maximum Gasteiger partial charge on any atom is 0.407 e. The maximum atomic E-state index is 12.8. The summed E-state index contributed by atoms with van der Waals surface area (Å²) in [6.45, 7) is 2.13. The summed E-state index contributed by atoms with van der Waals surface area (Å²) in [4.78, 5) is 36.7. The molecule has 0 aromatic heterocycles. The number of nitrogens with one attached hydrogen (secondary N) is 2. The van der Waals surface area contributed by atoms with E-state index in [2.05, 4.69) is 34.9 Å². The van der Waals surface area contributed by atoms with Gasteiger partial charge in [0.1, 0.15) is 12.6 Å². The normalized spacial score (nSPS) is 19.8. The van der Waals surface area contributed by atoms with Gasteiger partial charge < -0.3 is 20.5 Å². The molecule has 186 valence electrons. The molecule has 0 spiro atoms. The number of hydrogen-bond acceptors (Lipinski definition) is 4. The number of fused-ring (bicyclic) bond motifs is 3. The average molecular weight is 479 g/mol. The molecule has 2 aromatic carbocycles. The van der Waals surface area contributed by atoms with Gasteiger partial charge in [0.2, 0.25) is 5.91 Å². The number of carbonyl (C=O) groups excluding carboxylic acids is 2. The van der Waals surface area contributed by atoms with E-state index < -0.39 is 18.1 Å². The second kappa shape index (κ2) is 11.4. The topological polar surface area (TPSA) is 105 Å². The van der Waals surface area contributed by atoms with Crippen LogP contribution in [0.15, 0.2) is 48.5 Å². The fraction of sp³-hybridized carbons (Fsp3) is 0.464. The van der Waals surface area contributed by atoms with Crippen molar-refractivity contribution in [1.82, 2.24) is 10.6 Å². The van der Waals surface area contributed by atoms with Crippen LogP contribution in [0.25, 0.3) is 11.1 Å². The van der Waals surface area contributed by atoms with E-state index in [-0.39, 0.29) is 36.8 Å². The van der Waals surface area contributed by atoms with E-state index in [4.69, 9.17) is 4.74 Å². The second-order valence-electron chi connectivity index (χ2n) is 9.57. The molecular weight excluding hydrogens is 444 g/mol. The fourth-order valence-corrected chi connectivity index (χ4v) is 5.47. The summed E-state index contributed by atoms with van der Waals surface area (Å²) in [6.07, 6.45) is 4.34. The molecule has 3 N–H and O–H groups in total. The smallest absolute Gasteiger partial charge is 0.407 e. The summed E-state index contributed by atoms with van der Waals surface area (Å²) in [5.41, 5.74) is 4.68. The number of ether oxygens (including phenoxy) is 1. The molecule has 7 heteroatoms. The van der Waals surface area contributed by atoms with Gasteiger partial charge >= 0.3 is 12.1 Å². The first-order chi connectivity index (χ1) is 17.0. The highest BCUT2D eigenvalue weighted by molar-refractivity contribution is 5.83. The van der Waals surface area contributed by atoms with Crippen molar-refractivity contribution in [2.45, 2.75) is 69.9 Å². The van der Waals surface area contributed by atoms with Gasteiger partial charge in [-0.05, 0) is 47.4 Å². The van der Waals surface area contributed by atoms with E-state index in [1.165, 1.54) is 11.1 Å². The molecule has 0 aliphatic heterocycles. The van der Waals surface area contributed by atoms with Crippen LogP contribution < -0.4 is 10.6 Å². The SMILES string of the molecule is CCC[C@@H](NC(=O)CC1CCCCC1NC(=O)OCC1c2ccccc2-c2ccccc21)C(=O)O. The molecule has 4 rings (SSSR count). The lowest BCUT2D eigenvalue weighted by atomic mass is 9.82. The largest absolute Gasteiger partial charge is 0.480 e. The lowest BCUT2D eigenvalue weighted by Crippen LogP contribution is -2.46. The first kappa shape index (κ1) is 24.8. The maximum absolute atomic E-state index is 12.8. The Bertz CT molecular complexity index is 1020. The van der Waals surface area contributed by atoms with Crippen molar-refractivity contribution in [3.8, 4) is 11.1 Å².